The summed E-state index contributed by atoms with van der Waals surface area (Å²) in [5.41, 5.74) is 3.06. The first kappa shape index (κ1) is 17.9. The maximum absolute atomic E-state index is 12.3. The third kappa shape index (κ3) is 4.54. The second kappa shape index (κ2) is 7.90. The van der Waals surface area contributed by atoms with E-state index in [0.717, 1.165) is 16.8 Å². The van der Waals surface area contributed by atoms with Crippen molar-refractivity contribution in [2.75, 3.05) is 18.6 Å². The molecule has 0 aromatic heterocycles. The summed E-state index contributed by atoms with van der Waals surface area (Å²) in [4.78, 5) is 37.2. The van der Waals surface area contributed by atoms with Crippen LogP contribution in [0.15, 0.2) is 30.4 Å². The third-order valence-corrected chi connectivity index (χ3v) is 4.11. The second-order valence-corrected chi connectivity index (χ2v) is 6.18. The topological polar surface area (TPSA) is 63.7 Å². The molecule has 1 aliphatic rings. The van der Waals surface area contributed by atoms with E-state index in [4.69, 9.17) is 0 Å². The van der Waals surface area contributed by atoms with E-state index in [-0.39, 0.29) is 24.0 Å². The van der Waals surface area contributed by atoms with Gasteiger partial charge in [0.15, 0.2) is 0 Å². The fraction of sp³-hybridized carbons (Fsp3) is 0.421. The molecule has 1 aromatic rings. The van der Waals surface area contributed by atoms with Gasteiger partial charge >= 0.3 is 5.97 Å². The number of carbonyl (C=O) groups is 3. The van der Waals surface area contributed by atoms with E-state index in [0.29, 0.717) is 19.4 Å². The van der Waals surface area contributed by atoms with E-state index < -0.39 is 5.97 Å². The van der Waals surface area contributed by atoms with Crippen LogP contribution in [-0.2, 0) is 19.1 Å². The number of amides is 1. The Morgan fingerprint density at radius 2 is 1.92 bits per heavy atom. The summed E-state index contributed by atoms with van der Waals surface area (Å²) in [6.07, 6.45) is 4.00. The fourth-order valence-electron chi connectivity index (χ4n) is 2.96. The molecule has 1 amide bonds. The summed E-state index contributed by atoms with van der Waals surface area (Å²) in [7, 11) is 1.31. The van der Waals surface area contributed by atoms with Crippen LogP contribution in [0.25, 0.3) is 0 Å². The molecule has 0 radical (unpaired) electrons. The van der Waals surface area contributed by atoms with Gasteiger partial charge in [-0.25, -0.2) is 4.79 Å². The van der Waals surface area contributed by atoms with Gasteiger partial charge in [0.05, 0.1) is 7.11 Å². The number of ether oxygens (including phenoxy) is 1. The molecule has 1 fully saturated rings. The zero-order valence-electron chi connectivity index (χ0n) is 14.4. The molecule has 1 aliphatic heterocycles. The number of carbonyl (C=O) groups excluding carboxylic acids is 3. The Hall–Kier alpha value is -2.43. The highest BCUT2D eigenvalue weighted by atomic mass is 16.5. The van der Waals surface area contributed by atoms with Gasteiger partial charge in [-0.3, -0.25) is 9.59 Å². The predicted octanol–water partition coefficient (Wildman–Crippen LogP) is 2.73. The van der Waals surface area contributed by atoms with Crippen LogP contribution < -0.4 is 4.90 Å². The Kier molecular flexibility index (Phi) is 5.90. The molecule has 5 nitrogen and oxygen atoms in total. The highest BCUT2D eigenvalue weighted by molar-refractivity contribution is 6.00. The standard InChI is InChI=1S/C19H23NO4/c1-13-8-14(2)10-16(9-13)20-12-15(11-18(20)22)17(21)6-4-5-7-19(23)24-3/h5,7-10,15H,4,6,11-12H2,1-3H3/b7-5+. The number of Topliss-reactive ketones (excluding diaryl/α,β-unsaturated/α-hetero) is 1. The van der Waals surface area contributed by atoms with Gasteiger partial charge in [0.2, 0.25) is 5.91 Å². The fourth-order valence-corrected chi connectivity index (χ4v) is 2.96. The number of hydrogen-bond donors (Lipinski definition) is 0. The number of anilines is 1. The van der Waals surface area contributed by atoms with Crippen LogP contribution >= 0.6 is 0 Å². The second-order valence-electron chi connectivity index (χ2n) is 6.18. The van der Waals surface area contributed by atoms with Crippen molar-refractivity contribution in [1.82, 2.24) is 0 Å². The average Bonchev–Trinajstić information content (AvgIpc) is 2.92. The Morgan fingerprint density at radius 3 is 2.54 bits per heavy atom. The Bertz CT molecular complexity index is 658. The molecule has 1 saturated heterocycles. The molecule has 1 heterocycles. The van der Waals surface area contributed by atoms with E-state index in [1.807, 2.05) is 26.0 Å². The molecule has 1 unspecified atom stereocenters. The van der Waals surface area contributed by atoms with Gasteiger partial charge in [0.1, 0.15) is 5.78 Å². The molecule has 5 heteroatoms. The number of allylic oxidation sites excluding steroid dienone is 1. The number of ketones is 1. The Labute approximate surface area is 142 Å². The first-order valence-electron chi connectivity index (χ1n) is 8.06. The summed E-state index contributed by atoms with van der Waals surface area (Å²) in [6, 6.07) is 5.99. The lowest BCUT2D eigenvalue weighted by atomic mass is 9.99. The van der Waals surface area contributed by atoms with E-state index in [1.165, 1.54) is 13.2 Å². The number of benzene rings is 1. The predicted molar refractivity (Wildman–Crippen MR) is 91.8 cm³/mol. The van der Waals surface area contributed by atoms with Crippen molar-refractivity contribution < 1.29 is 19.1 Å². The monoisotopic (exact) mass is 329 g/mol. The minimum atomic E-state index is -0.431. The number of hydrogen-bond acceptors (Lipinski definition) is 4. The normalized spacial score (nSPS) is 17.5. The molecule has 1 atom stereocenters. The maximum atomic E-state index is 12.3. The zero-order chi connectivity index (χ0) is 17.7. The lowest BCUT2D eigenvalue weighted by Crippen LogP contribution is -2.26. The number of esters is 1. The summed E-state index contributed by atoms with van der Waals surface area (Å²) in [6.45, 7) is 4.42. The van der Waals surface area contributed by atoms with E-state index >= 15 is 0 Å². The van der Waals surface area contributed by atoms with Crippen LogP contribution in [0.2, 0.25) is 0 Å². The lowest BCUT2D eigenvalue weighted by Gasteiger charge is -2.18. The third-order valence-electron chi connectivity index (χ3n) is 4.11. The van der Waals surface area contributed by atoms with Crippen molar-refractivity contribution in [3.05, 3.63) is 41.5 Å². The van der Waals surface area contributed by atoms with E-state index in [1.54, 1.807) is 11.0 Å². The highest BCUT2D eigenvalue weighted by Gasteiger charge is 2.34. The number of nitrogens with zero attached hydrogens (tertiary/aromatic N) is 1. The molecule has 128 valence electrons. The molecule has 0 bridgehead atoms. The molecular weight excluding hydrogens is 306 g/mol. The summed E-state index contributed by atoms with van der Waals surface area (Å²) >= 11 is 0. The van der Waals surface area contributed by atoms with Crippen molar-refractivity contribution in [3.8, 4) is 0 Å². The van der Waals surface area contributed by atoms with Crippen LogP contribution in [0.1, 0.15) is 30.4 Å². The van der Waals surface area contributed by atoms with Crippen LogP contribution in [0.3, 0.4) is 0 Å². The zero-order valence-corrected chi connectivity index (χ0v) is 14.4. The molecule has 24 heavy (non-hydrogen) atoms. The molecule has 0 saturated carbocycles. The van der Waals surface area contributed by atoms with Gasteiger partial charge in [0, 0.05) is 37.1 Å². The van der Waals surface area contributed by atoms with Crippen molar-refractivity contribution in [1.29, 1.82) is 0 Å². The van der Waals surface area contributed by atoms with Crippen LogP contribution in [0.5, 0.6) is 0 Å². The van der Waals surface area contributed by atoms with Crippen molar-refractivity contribution >= 4 is 23.3 Å². The van der Waals surface area contributed by atoms with Gasteiger partial charge in [-0.15, -0.1) is 0 Å². The Morgan fingerprint density at radius 1 is 1.25 bits per heavy atom. The van der Waals surface area contributed by atoms with Crippen LogP contribution in [-0.4, -0.2) is 31.3 Å². The number of methoxy groups -OCH3 is 1. The summed E-state index contributed by atoms with van der Waals surface area (Å²) < 4.78 is 4.49. The first-order valence-corrected chi connectivity index (χ1v) is 8.06. The van der Waals surface area contributed by atoms with E-state index in [2.05, 4.69) is 10.8 Å². The SMILES string of the molecule is COC(=O)/C=C/CCC(=O)C1CC(=O)N(c2cc(C)cc(C)c2)C1. The molecule has 2 rings (SSSR count). The van der Waals surface area contributed by atoms with E-state index in [9.17, 15) is 14.4 Å². The number of aryl methyl sites for hydroxylation is 2. The van der Waals surface area contributed by atoms with Gasteiger partial charge in [-0.2, -0.15) is 0 Å². The first-order chi connectivity index (χ1) is 11.4. The lowest BCUT2D eigenvalue weighted by molar-refractivity contribution is -0.134. The van der Waals surface area contributed by atoms with Crippen LogP contribution in [0.4, 0.5) is 5.69 Å². The molecule has 0 N–H and O–H groups in total. The molecular formula is C19H23NO4. The van der Waals surface area contributed by atoms with Gasteiger partial charge in [-0.1, -0.05) is 12.1 Å². The van der Waals surface area contributed by atoms with Crippen molar-refractivity contribution in [2.24, 2.45) is 5.92 Å². The molecule has 1 aromatic carbocycles. The quantitative estimate of drug-likeness (QED) is 0.595. The highest BCUT2D eigenvalue weighted by Crippen LogP contribution is 2.28. The van der Waals surface area contributed by atoms with Crippen LogP contribution in [0, 0.1) is 19.8 Å². The van der Waals surface area contributed by atoms with Crippen molar-refractivity contribution in [3.63, 3.8) is 0 Å². The summed E-state index contributed by atoms with van der Waals surface area (Å²) in [5, 5.41) is 0. The smallest absolute Gasteiger partial charge is 0.330 e. The van der Waals surface area contributed by atoms with Gasteiger partial charge in [-0.05, 0) is 43.5 Å². The Balaban J connectivity index is 1.95. The maximum Gasteiger partial charge on any atom is 0.330 e. The molecule has 0 aliphatic carbocycles. The minimum Gasteiger partial charge on any atom is -0.466 e. The van der Waals surface area contributed by atoms with Gasteiger partial charge in [0.25, 0.3) is 0 Å². The minimum absolute atomic E-state index is 0.0107. The van der Waals surface area contributed by atoms with Gasteiger partial charge < -0.3 is 9.64 Å². The molecule has 0 spiro atoms. The number of rotatable bonds is 6. The average molecular weight is 329 g/mol. The largest absolute Gasteiger partial charge is 0.466 e. The summed E-state index contributed by atoms with van der Waals surface area (Å²) in [5.74, 6) is -0.655. The van der Waals surface area contributed by atoms with Crippen molar-refractivity contribution in [2.45, 2.75) is 33.1 Å².